The highest BCUT2D eigenvalue weighted by Crippen LogP contribution is 2.30. The standard InChI is InChI=1S/C19H19F3N6O2S/c1-23-31(29,30)18-17(14-11-28-7-3-6-16(28)26-14)27-15(10-25-18)24-9-12-4-2-5-13(8-12)19(20,21)22/h2,4-5,8,10-11,23H,3,6-7,9H2,1H3,(H,24,27). The molecule has 2 N–H and O–H groups in total. The first-order valence-corrected chi connectivity index (χ1v) is 10.9. The van der Waals surface area contributed by atoms with Gasteiger partial charge in [0, 0.05) is 25.7 Å². The average molecular weight is 452 g/mol. The van der Waals surface area contributed by atoms with E-state index in [9.17, 15) is 21.6 Å². The molecule has 3 aromatic rings. The van der Waals surface area contributed by atoms with Crippen LogP contribution in [0.1, 0.15) is 23.4 Å². The Morgan fingerprint density at radius 3 is 2.74 bits per heavy atom. The molecule has 4 rings (SSSR count). The number of benzene rings is 1. The summed E-state index contributed by atoms with van der Waals surface area (Å²) in [6.45, 7) is 0.840. The summed E-state index contributed by atoms with van der Waals surface area (Å²) in [5, 5.41) is 2.64. The number of rotatable bonds is 6. The van der Waals surface area contributed by atoms with Crippen LogP contribution in [0.3, 0.4) is 0 Å². The third kappa shape index (κ3) is 4.39. The number of sulfonamides is 1. The topological polar surface area (TPSA) is 102 Å². The van der Waals surface area contributed by atoms with E-state index in [-0.39, 0.29) is 23.1 Å². The van der Waals surface area contributed by atoms with Gasteiger partial charge in [-0.1, -0.05) is 12.1 Å². The molecule has 31 heavy (non-hydrogen) atoms. The first kappa shape index (κ1) is 21.2. The smallest absolute Gasteiger partial charge is 0.365 e. The Kier molecular flexibility index (Phi) is 5.43. The summed E-state index contributed by atoms with van der Waals surface area (Å²) in [4.78, 5) is 12.9. The lowest BCUT2D eigenvalue weighted by molar-refractivity contribution is -0.137. The van der Waals surface area contributed by atoms with Crippen LogP contribution in [-0.2, 0) is 35.7 Å². The fourth-order valence-electron chi connectivity index (χ4n) is 3.34. The molecule has 0 atom stereocenters. The molecular weight excluding hydrogens is 433 g/mol. The molecule has 8 nitrogen and oxygen atoms in total. The lowest BCUT2D eigenvalue weighted by Gasteiger charge is -2.12. The first-order chi connectivity index (χ1) is 14.7. The minimum atomic E-state index is -4.44. The number of imidazole rings is 1. The van der Waals surface area contributed by atoms with E-state index in [4.69, 9.17) is 0 Å². The van der Waals surface area contributed by atoms with Gasteiger partial charge in [0.2, 0.25) is 0 Å². The molecule has 0 radical (unpaired) electrons. The number of nitrogens with one attached hydrogen (secondary N) is 2. The largest absolute Gasteiger partial charge is 0.416 e. The Morgan fingerprint density at radius 2 is 2.03 bits per heavy atom. The Labute approximate surface area is 176 Å². The van der Waals surface area contributed by atoms with Crippen molar-refractivity contribution in [3.63, 3.8) is 0 Å². The van der Waals surface area contributed by atoms with Crippen LogP contribution in [0.5, 0.6) is 0 Å². The SMILES string of the molecule is CNS(=O)(=O)c1ncc(NCc2cccc(C(F)(F)F)c2)nc1-c1cn2c(n1)CCC2. The van der Waals surface area contributed by atoms with Gasteiger partial charge in [0.25, 0.3) is 10.0 Å². The molecule has 1 aromatic carbocycles. The van der Waals surface area contributed by atoms with Crippen LogP contribution >= 0.6 is 0 Å². The summed E-state index contributed by atoms with van der Waals surface area (Å²) in [5.41, 5.74) is 0.0941. The highest BCUT2D eigenvalue weighted by molar-refractivity contribution is 7.89. The van der Waals surface area contributed by atoms with Crippen molar-refractivity contribution < 1.29 is 21.6 Å². The van der Waals surface area contributed by atoms with Crippen molar-refractivity contribution in [2.75, 3.05) is 12.4 Å². The Balaban J connectivity index is 1.65. The van der Waals surface area contributed by atoms with Gasteiger partial charge in [0.15, 0.2) is 5.03 Å². The third-order valence-electron chi connectivity index (χ3n) is 4.89. The van der Waals surface area contributed by atoms with E-state index in [1.807, 2.05) is 4.57 Å². The number of alkyl halides is 3. The van der Waals surface area contributed by atoms with Gasteiger partial charge >= 0.3 is 6.18 Å². The van der Waals surface area contributed by atoms with Gasteiger partial charge in [-0.05, 0) is 31.2 Å². The second-order valence-electron chi connectivity index (χ2n) is 7.01. The van der Waals surface area contributed by atoms with Crippen LogP contribution < -0.4 is 10.0 Å². The lowest BCUT2D eigenvalue weighted by Crippen LogP contribution is -2.21. The predicted octanol–water partition coefficient (Wildman–Crippen LogP) is 2.83. The zero-order valence-corrected chi connectivity index (χ0v) is 17.3. The summed E-state index contributed by atoms with van der Waals surface area (Å²) in [6.07, 6.45) is 0.278. The molecule has 0 aliphatic carbocycles. The second-order valence-corrected chi connectivity index (χ2v) is 8.81. The fourth-order valence-corrected chi connectivity index (χ4v) is 4.13. The molecule has 0 saturated heterocycles. The van der Waals surface area contributed by atoms with E-state index in [0.29, 0.717) is 11.3 Å². The van der Waals surface area contributed by atoms with Crippen molar-refractivity contribution in [1.29, 1.82) is 0 Å². The predicted molar refractivity (Wildman–Crippen MR) is 107 cm³/mol. The number of hydrogen-bond donors (Lipinski definition) is 2. The molecule has 0 bridgehead atoms. The summed E-state index contributed by atoms with van der Waals surface area (Å²) in [6, 6.07) is 4.92. The maximum Gasteiger partial charge on any atom is 0.416 e. The van der Waals surface area contributed by atoms with E-state index in [1.165, 1.54) is 19.3 Å². The number of fused-ring (bicyclic) bond motifs is 1. The zero-order chi connectivity index (χ0) is 22.2. The molecule has 0 saturated carbocycles. The number of hydrogen-bond acceptors (Lipinski definition) is 6. The third-order valence-corrected chi connectivity index (χ3v) is 6.24. The van der Waals surface area contributed by atoms with Crippen LogP contribution in [0.4, 0.5) is 19.0 Å². The molecule has 2 aromatic heterocycles. The zero-order valence-electron chi connectivity index (χ0n) is 16.4. The average Bonchev–Trinajstić information content (AvgIpc) is 3.34. The molecule has 1 aliphatic rings. The number of aryl methyl sites for hydroxylation is 2. The Hall–Kier alpha value is -2.99. The molecular formula is C19H19F3N6O2S. The highest BCUT2D eigenvalue weighted by Gasteiger charge is 2.30. The van der Waals surface area contributed by atoms with Gasteiger partial charge in [0.1, 0.15) is 23.0 Å². The second kappa shape index (κ2) is 7.93. The summed E-state index contributed by atoms with van der Waals surface area (Å²) in [7, 11) is -2.63. The van der Waals surface area contributed by atoms with E-state index >= 15 is 0 Å². The summed E-state index contributed by atoms with van der Waals surface area (Å²) < 4.78 is 67.7. The summed E-state index contributed by atoms with van der Waals surface area (Å²) >= 11 is 0. The van der Waals surface area contributed by atoms with Crippen molar-refractivity contribution in [3.8, 4) is 11.4 Å². The molecule has 0 amide bonds. The molecule has 1 aliphatic heterocycles. The van der Waals surface area contributed by atoms with Crippen molar-refractivity contribution in [2.24, 2.45) is 0 Å². The normalized spacial score (nSPS) is 13.9. The fraction of sp³-hybridized carbons (Fsp3) is 0.316. The van der Waals surface area contributed by atoms with E-state index in [0.717, 1.165) is 37.3 Å². The maximum atomic E-state index is 12.9. The van der Waals surface area contributed by atoms with Crippen LogP contribution in [0, 0.1) is 0 Å². The molecule has 164 valence electrons. The van der Waals surface area contributed by atoms with Gasteiger partial charge in [-0.25, -0.2) is 28.1 Å². The van der Waals surface area contributed by atoms with E-state index < -0.39 is 21.8 Å². The Bertz CT molecular complexity index is 1200. The molecule has 0 fully saturated rings. The van der Waals surface area contributed by atoms with Gasteiger partial charge < -0.3 is 9.88 Å². The number of nitrogens with zero attached hydrogens (tertiary/aromatic N) is 4. The van der Waals surface area contributed by atoms with Crippen LogP contribution in [0.15, 0.2) is 41.7 Å². The minimum Gasteiger partial charge on any atom is -0.365 e. The van der Waals surface area contributed by atoms with Crippen molar-refractivity contribution in [3.05, 3.63) is 53.6 Å². The molecule has 0 unspecified atom stereocenters. The van der Waals surface area contributed by atoms with Crippen molar-refractivity contribution in [2.45, 2.75) is 37.1 Å². The quantitative estimate of drug-likeness (QED) is 0.597. The van der Waals surface area contributed by atoms with E-state index in [2.05, 4.69) is 25.0 Å². The van der Waals surface area contributed by atoms with Gasteiger partial charge in [-0.3, -0.25) is 0 Å². The van der Waals surface area contributed by atoms with Crippen molar-refractivity contribution in [1.82, 2.24) is 24.2 Å². The highest BCUT2D eigenvalue weighted by atomic mass is 32.2. The lowest BCUT2D eigenvalue weighted by atomic mass is 10.1. The molecule has 3 heterocycles. The molecule has 0 spiro atoms. The van der Waals surface area contributed by atoms with Crippen molar-refractivity contribution >= 4 is 15.8 Å². The van der Waals surface area contributed by atoms with Gasteiger partial charge in [0.05, 0.1) is 11.8 Å². The number of halogens is 3. The minimum absolute atomic E-state index is 0.0514. The van der Waals surface area contributed by atoms with Gasteiger partial charge in [-0.2, -0.15) is 13.2 Å². The van der Waals surface area contributed by atoms with Crippen LogP contribution in [0.2, 0.25) is 0 Å². The summed E-state index contributed by atoms with van der Waals surface area (Å²) in [5.74, 6) is 1.06. The van der Waals surface area contributed by atoms with Gasteiger partial charge in [-0.15, -0.1) is 0 Å². The molecule has 12 heteroatoms. The number of anilines is 1. The first-order valence-electron chi connectivity index (χ1n) is 9.44. The Morgan fingerprint density at radius 1 is 1.23 bits per heavy atom. The van der Waals surface area contributed by atoms with E-state index in [1.54, 1.807) is 12.3 Å². The maximum absolute atomic E-state index is 12.9. The monoisotopic (exact) mass is 452 g/mol. The van der Waals surface area contributed by atoms with Crippen LogP contribution in [-0.4, -0.2) is 35.0 Å². The van der Waals surface area contributed by atoms with Crippen LogP contribution in [0.25, 0.3) is 11.4 Å². The number of aromatic nitrogens is 4.